The second-order valence-electron chi connectivity index (χ2n) is 0. The molecule has 2 radical (unpaired) electrons. The van der Waals surface area contributed by atoms with Gasteiger partial charge >= 0.3 is 17.6 Å². The Morgan fingerprint density at radius 1 is 0.750 bits per heavy atom. The summed E-state index contributed by atoms with van der Waals surface area (Å²) >= 11 is 0. The molecule has 0 bridgehead atoms. The molecule has 0 saturated heterocycles. The van der Waals surface area contributed by atoms with Crippen molar-refractivity contribution in [3.63, 3.8) is 0 Å². The van der Waals surface area contributed by atoms with E-state index in [1.807, 2.05) is 0 Å². The molecule has 0 aromatic heterocycles. The largest absolute Gasteiger partial charge is 0.0125 e. The molecule has 0 aromatic carbocycles. The van der Waals surface area contributed by atoms with Crippen molar-refractivity contribution in [3.05, 3.63) is 0 Å². The predicted molar refractivity (Wildman–Crippen MR) is 24.9 cm³/mol. The Hall–Kier alpha value is 0.620. The Morgan fingerprint density at radius 3 is 0.750 bits per heavy atom. The molecule has 0 aliphatic heterocycles. The number of halogens is 2. The van der Waals surface area contributed by atoms with Gasteiger partial charge in [-0.2, -0.15) is 0 Å². The first kappa shape index (κ1) is 158. The zero-order valence-corrected chi connectivity index (χ0v) is 9.01. The molecular formula is H8F2GeSi. The van der Waals surface area contributed by atoms with Crippen LogP contribution in [-0.4, -0.2) is 28.6 Å². The van der Waals surface area contributed by atoms with Gasteiger partial charge in [-0.1, -0.05) is 0 Å². The van der Waals surface area contributed by atoms with E-state index >= 15 is 0 Å². The molecule has 0 nitrogen and oxygen atoms in total. The molecule has 4 heteroatoms. The molecule has 0 aliphatic carbocycles. The predicted octanol–water partition coefficient (Wildman–Crippen LogP) is -2.06. The van der Waals surface area contributed by atoms with Gasteiger partial charge in [-0.15, -0.1) is 0 Å². The molecule has 0 saturated carbocycles. The van der Waals surface area contributed by atoms with E-state index in [4.69, 9.17) is 0 Å². The molecule has 0 fully saturated rings. The van der Waals surface area contributed by atoms with Gasteiger partial charge in [0.05, 0.1) is 0 Å². The van der Waals surface area contributed by atoms with Crippen LogP contribution < -0.4 is 0 Å². The van der Waals surface area contributed by atoms with Gasteiger partial charge in [0.25, 0.3) is 0 Å². The van der Waals surface area contributed by atoms with Crippen LogP contribution in [0.5, 0.6) is 0 Å². The smallest absolute Gasteiger partial charge is 0.0125 e. The van der Waals surface area contributed by atoms with Crippen LogP contribution in [0.3, 0.4) is 0 Å². The van der Waals surface area contributed by atoms with Crippen molar-refractivity contribution >= 4 is 28.6 Å². The second-order valence-corrected chi connectivity index (χ2v) is 0. The average molecular weight is 147 g/mol. The van der Waals surface area contributed by atoms with Crippen molar-refractivity contribution in [2.75, 3.05) is 0 Å². The Balaban J connectivity index is 0. The topological polar surface area (TPSA) is 0 Å². The summed E-state index contributed by atoms with van der Waals surface area (Å²) in [5, 5.41) is 0. The molecule has 0 heterocycles. The Labute approximate surface area is 38.7 Å². The fourth-order valence-corrected chi connectivity index (χ4v) is 0. The van der Waals surface area contributed by atoms with Crippen molar-refractivity contribution in [3.8, 4) is 0 Å². The molecule has 0 N–H and O–H groups in total. The van der Waals surface area contributed by atoms with Crippen molar-refractivity contribution in [2.45, 2.75) is 0 Å². The van der Waals surface area contributed by atoms with Gasteiger partial charge in [0.2, 0.25) is 0 Å². The van der Waals surface area contributed by atoms with Crippen molar-refractivity contribution in [2.24, 2.45) is 0 Å². The van der Waals surface area contributed by atoms with E-state index in [0.29, 0.717) is 0 Å². The molecular weight excluding hydrogens is 139 g/mol. The van der Waals surface area contributed by atoms with Gasteiger partial charge in [-0.05, 0) is 11.0 Å². The average Bonchev–Trinajstić information content (AvgIpc) is 0. The Bertz CT molecular complexity index is 6.00. The minimum atomic E-state index is 0. The Kier molecular flexibility index (Phi) is 2550. The zero-order chi connectivity index (χ0) is 0. The SMILES string of the molecule is F.F.[GeH3].[SiH3]. The van der Waals surface area contributed by atoms with Crippen LogP contribution in [0.15, 0.2) is 0 Å². The van der Waals surface area contributed by atoms with Crippen LogP contribution in [0, 0.1) is 0 Å². The molecule has 0 spiro atoms. The molecule has 0 aromatic rings. The van der Waals surface area contributed by atoms with Crippen LogP contribution in [0.25, 0.3) is 0 Å². The van der Waals surface area contributed by atoms with Crippen LogP contribution in [-0.2, 0) is 0 Å². The molecule has 0 amide bonds. The summed E-state index contributed by atoms with van der Waals surface area (Å²) < 4.78 is 0. The van der Waals surface area contributed by atoms with Crippen LogP contribution in [0.4, 0.5) is 9.41 Å². The van der Waals surface area contributed by atoms with Gasteiger partial charge in [0, 0.05) is 0 Å². The third kappa shape index (κ3) is 17.9. The summed E-state index contributed by atoms with van der Waals surface area (Å²) in [4.78, 5) is 0. The van der Waals surface area contributed by atoms with Crippen LogP contribution in [0.2, 0.25) is 0 Å². The Morgan fingerprint density at radius 2 is 0.750 bits per heavy atom. The summed E-state index contributed by atoms with van der Waals surface area (Å²) in [6.45, 7) is 0. The number of hydrogen-bond acceptors (Lipinski definition) is 0. The maximum absolute atomic E-state index is 0. The monoisotopic (exact) mass is 148 g/mol. The van der Waals surface area contributed by atoms with Crippen molar-refractivity contribution < 1.29 is 9.41 Å². The van der Waals surface area contributed by atoms with E-state index in [1.54, 1.807) is 0 Å². The summed E-state index contributed by atoms with van der Waals surface area (Å²) in [7, 11) is 0. The van der Waals surface area contributed by atoms with E-state index in [-0.39, 0.29) is 38.0 Å². The van der Waals surface area contributed by atoms with Gasteiger partial charge in [-0.3, -0.25) is 9.41 Å². The maximum atomic E-state index is 0. The van der Waals surface area contributed by atoms with Crippen molar-refractivity contribution in [1.82, 2.24) is 0 Å². The summed E-state index contributed by atoms with van der Waals surface area (Å²) in [5.74, 6) is 0. The first-order chi connectivity index (χ1) is 0. The minimum absolute atomic E-state index is 0. The summed E-state index contributed by atoms with van der Waals surface area (Å²) in [6.07, 6.45) is 0. The van der Waals surface area contributed by atoms with Crippen LogP contribution in [0.1, 0.15) is 0 Å². The number of rotatable bonds is 0. The first-order valence-corrected chi connectivity index (χ1v) is 0. The summed E-state index contributed by atoms with van der Waals surface area (Å²) in [5.41, 5.74) is 0. The van der Waals surface area contributed by atoms with E-state index in [2.05, 4.69) is 0 Å². The van der Waals surface area contributed by atoms with E-state index in [0.717, 1.165) is 0 Å². The molecule has 0 aliphatic rings. The van der Waals surface area contributed by atoms with Gasteiger partial charge in [0.1, 0.15) is 0 Å². The fourth-order valence-electron chi connectivity index (χ4n) is 0. The van der Waals surface area contributed by atoms with E-state index < -0.39 is 0 Å². The van der Waals surface area contributed by atoms with Crippen LogP contribution >= 0.6 is 0 Å². The minimum Gasteiger partial charge on any atom is -0.0125 e. The quantitative estimate of drug-likeness (QED) is 0.345. The second kappa shape index (κ2) is 64.7. The first-order valence-electron chi connectivity index (χ1n) is 0. The van der Waals surface area contributed by atoms with Gasteiger partial charge in [0.15, 0.2) is 0 Å². The number of hydrogen-bond donors (Lipinski definition) is 0. The third-order valence-corrected chi connectivity index (χ3v) is 0. The standard InChI is InChI=1S/2FH.GeH3.H3Si/h2*1H;2*1H3. The van der Waals surface area contributed by atoms with Gasteiger partial charge in [-0.25, -0.2) is 0 Å². The molecule has 0 atom stereocenters. The zero-order valence-electron chi connectivity index (χ0n) is 2.82. The molecule has 30 valence electrons. The van der Waals surface area contributed by atoms with E-state index in [9.17, 15) is 0 Å². The molecule has 0 unspecified atom stereocenters. The fraction of sp³-hybridized carbons (Fsp3) is 0. The van der Waals surface area contributed by atoms with E-state index in [1.165, 1.54) is 0 Å². The third-order valence-electron chi connectivity index (χ3n) is 0. The summed E-state index contributed by atoms with van der Waals surface area (Å²) in [6, 6.07) is 0. The maximum Gasteiger partial charge on any atom is -0.0125 e. The van der Waals surface area contributed by atoms with Gasteiger partial charge < -0.3 is 0 Å². The normalized spacial score (nSPS) is 0. The molecule has 0 rings (SSSR count). The van der Waals surface area contributed by atoms with Crippen molar-refractivity contribution in [1.29, 1.82) is 0 Å². The molecule has 4 heavy (non-hydrogen) atoms.